The Morgan fingerprint density at radius 2 is 1.94 bits per heavy atom. The van der Waals surface area contributed by atoms with E-state index >= 15 is 0 Å². The van der Waals surface area contributed by atoms with Gasteiger partial charge in [0.2, 0.25) is 0 Å². The third-order valence-electron chi connectivity index (χ3n) is 2.82. The van der Waals surface area contributed by atoms with Crippen LogP contribution >= 0.6 is 15.9 Å². The number of hydrogen-bond acceptors (Lipinski definition) is 2. The van der Waals surface area contributed by atoms with Gasteiger partial charge in [0.05, 0.1) is 22.1 Å². The summed E-state index contributed by atoms with van der Waals surface area (Å²) < 4.78 is 3.02. The molecule has 4 heteroatoms. The van der Waals surface area contributed by atoms with Crippen LogP contribution in [-0.2, 0) is 0 Å². The van der Waals surface area contributed by atoms with Crippen LogP contribution < -0.4 is 0 Å². The van der Waals surface area contributed by atoms with Gasteiger partial charge in [-0.25, -0.2) is 4.68 Å². The minimum absolute atomic E-state index is 0.281. The zero-order valence-electron chi connectivity index (χ0n) is 8.60. The van der Waals surface area contributed by atoms with Gasteiger partial charge in [0, 0.05) is 5.92 Å². The van der Waals surface area contributed by atoms with Crippen LogP contribution in [-0.4, -0.2) is 14.9 Å². The molecule has 0 amide bonds. The summed E-state index contributed by atoms with van der Waals surface area (Å²) in [6, 6.07) is 7.12. The largest absolute Gasteiger partial charge is 0.508 e. The summed E-state index contributed by atoms with van der Waals surface area (Å²) in [6.07, 6.45) is 4.31. The molecule has 0 spiro atoms. The molecule has 1 N–H and O–H groups in total. The Morgan fingerprint density at radius 1 is 1.25 bits per heavy atom. The van der Waals surface area contributed by atoms with Crippen molar-refractivity contribution in [3.05, 3.63) is 40.6 Å². The zero-order valence-corrected chi connectivity index (χ0v) is 10.2. The number of phenolic OH excluding ortho intramolecular Hbond substituents is 1. The first-order chi connectivity index (χ1) is 7.75. The summed E-state index contributed by atoms with van der Waals surface area (Å²) in [5.41, 5.74) is 2.23. The maximum absolute atomic E-state index is 9.26. The van der Waals surface area contributed by atoms with Crippen LogP contribution in [0.3, 0.4) is 0 Å². The van der Waals surface area contributed by atoms with E-state index in [2.05, 4.69) is 21.0 Å². The van der Waals surface area contributed by atoms with Crippen molar-refractivity contribution in [2.45, 2.75) is 18.8 Å². The molecule has 0 bridgehead atoms. The predicted octanol–water partition coefficient (Wildman–Crippen LogP) is 3.22. The average Bonchev–Trinajstić information content (AvgIpc) is 3.04. The van der Waals surface area contributed by atoms with Crippen LogP contribution in [0, 0.1) is 0 Å². The highest BCUT2D eigenvalue weighted by Gasteiger charge is 2.29. The highest BCUT2D eigenvalue weighted by molar-refractivity contribution is 9.10. The Hall–Kier alpha value is -1.29. The van der Waals surface area contributed by atoms with E-state index in [9.17, 15) is 5.11 Å². The monoisotopic (exact) mass is 278 g/mol. The molecule has 1 aliphatic rings. The molecule has 16 heavy (non-hydrogen) atoms. The number of rotatable bonds is 2. The van der Waals surface area contributed by atoms with Gasteiger partial charge in [-0.05, 0) is 53.0 Å². The van der Waals surface area contributed by atoms with Crippen molar-refractivity contribution in [2.24, 2.45) is 0 Å². The Labute approximate surface area is 102 Å². The first-order valence-corrected chi connectivity index (χ1v) is 6.08. The molecule has 1 saturated carbocycles. The number of halogens is 1. The van der Waals surface area contributed by atoms with Crippen LogP contribution in [0.1, 0.15) is 24.5 Å². The van der Waals surface area contributed by atoms with Crippen LogP contribution in [0.25, 0.3) is 5.69 Å². The summed E-state index contributed by atoms with van der Waals surface area (Å²) in [6.45, 7) is 0. The van der Waals surface area contributed by atoms with Gasteiger partial charge in [0.1, 0.15) is 5.75 Å². The van der Waals surface area contributed by atoms with Crippen LogP contribution in [0.15, 0.2) is 34.9 Å². The fourth-order valence-electron chi connectivity index (χ4n) is 1.86. The third kappa shape index (κ3) is 1.63. The summed E-state index contributed by atoms with van der Waals surface area (Å²) in [4.78, 5) is 0. The number of benzene rings is 1. The molecule has 0 unspecified atom stereocenters. The molecule has 3 nitrogen and oxygen atoms in total. The summed E-state index contributed by atoms with van der Waals surface area (Å²) >= 11 is 3.54. The Morgan fingerprint density at radius 3 is 2.56 bits per heavy atom. The van der Waals surface area contributed by atoms with Crippen molar-refractivity contribution in [1.29, 1.82) is 0 Å². The van der Waals surface area contributed by atoms with Crippen LogP contribution in [0.5, 0.6) is 5.75 Å². The molecule has 1 aromatic heterocycles. The summed E-state index contributed by atoms with van der Waals surface area (Å²) in [5.74, 6) is 0.911. The fourth-order valence-corrected chi connectivity index (χ4v) is 2.45. The first-order valence-electron chi connectivity index (χ1n) is 5.28. The second-order valence-corrected chi connectivity index (χ2v) is 4.93. The van der Waals surface area contributed by atoms with Gasteiger partial charge < -0.3 is 5.11 Å². The van der Waals surface area contributed by atoms with Crippen LogP contribution in [0.2, 0.25) is 0 Å². The normalized spacial score (nSPS) is 15.3. The summed E-state index contributed by atoms with van der Waals surface area (Å²) in [7, 11) is 0. The van der Waals surface area contributed by atoms with Crippen molar-refractivity contribution in [2.75, 3.05) is 0 Å². The van der Waals surface area contributed by atoms with Gasteiger partial charge in [0.25, 0.3) is 0 Å². The van der Waals surface area contributed by atoms with E-state index in [1.807, 2.05) is 23.0 Å². The predicted molar refractivity (Wildman–Crippen MR) is 64.9 cm³/mol. The molecule has 0 saturated heterocycles. The molecule has 3 rings (SSSR count). The minimum Gasteiger partial charge on any atom is -0.508 e. The number of aromatic hydroxyl groups is 1. The van der Waals surface area contributed by atoms with Gasteiger partial charge >= 0.3 is 0 Å². The molecule has 82 valence electrons. The van der Waals surface area contributed by atoms with Crippen molar-refractivity contribution in [3.63, 3.8) is 0 Å². The Balaban J connectivity index is 2.08. The van der Waals surface area contributed by atoms with Gasteiger partial charge in [0.15, 0.2) is 0 Å². The molecular formula is C12H11BrN2O. The van der Waals surface area contributed by atoms with Gasteiger partial charge in [-0.2, -0.15) is 5.10 Å². The molecule has 0 radical (unpaired) electrons. The Kier molecular flexibility index (Phi) is 2.24. The quantitative estimate of drug-likeness (QED) is 0.916. The maximum atomic E-state index is 9.26. The molecule has 2 aromatic rings. The van der Waals surface area contributed by atoms with Crippen molar-refractivity contribution in [1.82, 2.24) is 9.78 Å². The summed E-state index contributed by atoms with van der Waals surface area (Å²) in [5, 5.41) is 13.6. The van der Waals surface area contributed by atoms with Gasteiger partial charge in [-0.15, -0.1) is 0 Å². The van der Waals surface area contributed by atoms with E-state index in [1.54, 1.807) is 12.1 Å². The minimum atomic E-state index is 0.281. The molecule has 1 fully saturated rings. The van der Waals surface area contributed by atoms with Crippen molar-refractivity contribution in [3.8, 4) is 11.4 Å². The highest BCUT2D eigenvalue weighted by Crippen LogP contribution is 2.43. The molecule has 0 atom stereocenters. The van der Waals surface area contributed by atoms with Crippen LogP contribution in [0.4, 0.5) is 0 Å². The highest BCUT2D eigenvalue weighted by atomic mass is 79.9. The number of aromatic nitrogens is 2. The topological polar surface area (TPSA) is 38.0 Å². The lowest BCUT2D eigenvalue weighted by molar-refractivity contribution is 0.475. The SMILES string of the molecule is Oc1ccc(-n2ncc(Br)c2C2CC2)cc1. The lowest BCUT2D eigenvalue weighted by Crippen LogP contribution is -2.00. The van der Waals surface area contributed by atoms with E-state index in [1.165, 1.54) is 18.5 Å². The molecule has 1 aromatic carbocycles. The van der Waals surface area contributed by atoms with E-state index in [4.69, 9.17) is 0 Å². The van der Waals surface area contributed by atoms with E-state index in [-0.39, 0.29) is 5.75 Å². The van der Waals surface area contributed by atoms with Crippen molar-refractivity contribution >= 4 is 15.9 Å². The second kappa shape index (κ2) is 3.63. The fraction of sp³-hybridized carbons (Fsp3) is 0.250. The van der Waals surface area contributed by atoms with Gasteiger partial charge in [-0.1, -0.05) is 0 Å². The smallest absolute Gasteiger partial charge is 0.115 e. The van der Waals surface area contributed by atoms with Gasteiger partial charge in [-0.3, -0.25) is 0 Å². The number of nitrogens with zero attached hydrogens (tertiary/aromatic N) is 2. The van der Waals surface area contributed by atoms with E-state index < -0.39 is 0 Å². The lowest BCUT2D eigenvalue weighted by Gasteiger charge is -2.07. The number of phenols is 1. The van der Waals surface area contributed by atoms with E-state index in [0.717, 1.165) is 10.2 Å². The molecular weight excluding hydrogens is 268 g/mol. The first kappa shape index (κ1) is 9.90. The number of hydrogen-bond donors (Lipinski definition) is 1. The standard InChI is InChI=1S/C12H11BrN2O/c13-11-7-14-15(12(11)8-1-2-8)9-3-5-10(16)6-4-9/h3-8,16H,1-2H2. The second-order valence-electron chi connectivity index (χ2n) is 4.08. The lowest BCUT2D eigenvalue weighted by atomic mass is 10.2. The molecule has 0 aliphatic heterocycles. The van der Waals surface area contributed by atoms with E-state index in [0.29, 0.717) is 5.92 Å². The molecule has 1 heterocycles. The Bertz CT molecular complexity index is 514. The zero-order chi connectivity index (χ0) is 11.1. The average molecular weight is 279 g/mol. The third-order valence-corrected chi connectivity index (χ3v) is 3.43. The van der Waals surface area contributed by atoms with Crippen molar-refractivity contribution < 1.29 is 5.11 Å². The maximum Gasteiger partial charge on any atom is 0.115 e. The molecule has 1 aliphatic carbocycles.